The molecule has 1 rings (SSSR count). The highest BCUT2D eigenvalue weighted by atomic mass is 16.5. The van der Waals surface area contributed by atoms with E-state index in [4.69, 9.17) is 10.5 Å². The number of anilines is 1. The molecule has 0 heterocycles. The third-order valence-corrected chi connectivity index (χ3v) is 3.10. The summed E-state index contributed by atoms with van der Waals surface area (Å²) in [5.41, 5.74) is 6.58. The van der Waals surface area contributed by atoms with Crippen molar-refractivity contribution < 1.29 is 9.53 Å². The van der Waals surface area contributed by atoms with E-state index < -0.39 is 6.04 Å². The summed E-state index contributed by atoms with van der Waals surface area (Å²) in [5.74, 6) is 1.07. The molecule has 112 valence electrons. The molecule has 0 bridgehead atoms. The smallest absolute Gasteiger partial charge is 0.241 e. The summed E-state index contributed by atoms with van der Waals surface area (Å²) in [7, 11) is 0. The van der Waals surface area contributed by atoms with Gasteiger partial charge in [0.2, 0.25) is 5.91 Å². The number of amides is 1. The van der Waals surface area contributed by atoms with Crippen LogP contribution < -0.4 is 15.8 Å². The van der Waals surface area contributed by atoms with Gasteiger partial charge in [-0.1, -0.05) is 20.8 Å². The zero-order chi connectivity index (χ0) is 15.1. The molecule has 0 aliphatic rings. The highest BCUT2D eigenvalue weighted by Gasteiger charge is 2.15. The molecule has 0 radical (unpaired) electrons. The molecular weight excluding hydrogens is 252 g/mol. The predicted octanol–water partition coefficient (Wildman–Crippen LogP) is 3.18. The lowest BCUT2D eigenvalue weighted by atomic mass is 10.0. The molecule has 1 amide bonds. The second kappa shape index (κ2) is 7.90. The van der Waals surface area contributed by atoms with Crippen LogP contribution in [0.15, 0.2) is 24.3 Å². The second-order valence-corrected chi connectivity index (χ2v) is 5.59. The average molecular weight is 278 g/mol. The highest BCUT2D eigenvalue weighted by molar-refractivity contribution is 5.94. The lowest BCUT2D eigenvalue weighted by Crippen LogP contribution is -2.36. The van der Waals surface area contributed by atoms with Crippen molar-refractivity contribution in [3.8, 4) is 5.75 Å². The number of nitrogens with one attached hydrogen (secondary N) is 1. The van der Waals surface area contributed by atoms with E-state index in [1.54, 1.807) is 0 Å². The number of hydrogen-bond donors (Lipinski definition) is 2. The van der Waals surface area contributed by atoms with Gasteiger partial charge in [0.05, 0.1) is 12.1 Å². The van der Waals surface area contributed by atoms with E-state index in [1.807, 2.05) is 45.0 Å². The Labute approximate surface area is 121 Å². The molecule has 2 atom stereocenters. The van der Waals surface area contributed by atoms with Gasteiger partial charge in [-0.3, -0.25) is 4.79 Å². The van der Waals surface area contributed by atoms with E-state index in [0.29, 0.717) is 12.3 Å². The summed E-state index contributed by atoms with van der Waals surface area (Å²) in [6.45, 7) is 8.21. The van der Waals surface area contributed by atoms with Crippen LogP contribution in [0.2, 0.25) is 0 Å². The van der Waals surface area contributed by atoms with Crippen molar-refractivity contribution in [1.82, 2.24) is 0 Å². The maximum atomic E-state index is 11.9. The first kappa shape index (κ1) is 16.5. The van der Waals surface area contributed by atoms with Crippen LogP contribution in [0.25, 0.3) is 0 Å². The molecule has 0 aliphatic heterocycles. The molecule has 4 nitrogen and oxygen atoms in total. The third kappa shape index (κ3) is 5.61. The Hall–Kier alpha value is -1.55. The monoisotopic (exact) mass is 278 g/mol. The maximum absolute atomic E-state index is 11.9. The van der Waals surface area contributed by atoms with E-state index >= 15 is 0 Å². The predicted molar refractivity (Wildman–Crippen MR) is 82.9 cm³/mol. The Kier molecular flexibility index (Phi) is 6.52. The summed E-state index contributed by atoms with van der Waals surface area (Å²) in [6, 6.07) is 6.91. The molecule has 1 aromatic rings. The molecule has 0 aromatic heterocycles. The normalized spacial score (nSPS) is 13.9. The summed E-state index contributed by atoms with van der Waals surface area (Å²) in [4.78, 5) is 11.9. The fraction of sp³-hybridized carbons (Fsp3) is 0.562. The van der Waals surface area contributed by atoms with Crippen LogP contribution in [0.5, 0.6) is 5.75 Å². The van der Waals surface area contributed by atoms with Crippen LogP contribution in [-0.4, -0.2) is 18.1 Å². The van der Waals surface area contributed by atoms with Crippen molar-refractivity contribution in [3.05, 3.63) is 24.3 Å². The number of ether oxygens (including phenoxy) is 1. The zero-order valence-electron chi connectivity index (χ0n) is 12.8. The molecule has 0 saturated heterocycles. The Balaban J connectivity index is 2.54. The SMILES string of the molecule is CCC(C)Oc1ccc(NC(=O)[C@@H](N)CC(C)C)cc1. The van der Waals surface area contributed by atoms with Gasteiger partial charge in [0.15, 0.2) is 0 Å². The lowest BCUT2D eigenvalue weighted by molar-refractivity contribution is -0.117. The first-order valence-corrected chi connectivity index (χ1v) is 7.25. The van der Waals surface area contributed by atoms with E-state index in [1.165, 1.54) is 0 Å². The van der Waals surface area contributed by atoms with Crippen LogP contribution in [0.4, 0.5) is 5.69 Å². The third-order valence-electron chi connectivity index (χ3n) is 3.10. The van der Waals surface area contributed by atoms with Gasteiger partial charge < -0.3 is 15.8 Å². The van der Waals surface area contributed by atoms with Crippen molar-refractivity contribution in [1.29, 1.82) is 0 Å². The van der Waals surface area contributed by atoms with Crippen LogP contribution in [0.1, 0.15) is 40.5 Å². The van der Waals surface area contributed by atoms with Crippen molar-refractivity contribution >= 4 is 11.6 Å². The first-order chi connectivity index (χ1) is 9.42. The minimum atomic E-state index is -0.467. The molecule has 1 unspecified atom stereocenters. The molecule has 1 aromatic carbocycles. The van der Waals surface area contributed by atoms with Crippen LogP contribution in [-0.2, 0) is 4.79 Å². The Morgan fingerprint density at radius 1 is 1.25 bits per heavy atom. The van der Waals surface area contributed by atoms with E-state index in [2.05, 4.69) is 12.2 Å². The molecule has 0 saturated carbocycles. The van der Waals surface area contributed by atoms with Gasteiger partial charge in [0.1, 0.15) is 5.75 Å². The number of carbonyl (C=O) groups excluding carboxylic acids is 1. The Morgan fingerprint density at radius 2 is 1.85 bits per heavy atom. The molecule has 3 N–H and O–H groups in total. The molecule has 0 fully saturated rings. The minimum absolute atomic E-state index is 0.144. The summed E-state index contributed by atoms with van der Waals surface area (Å²) >= 11 is 0. The van der Waals surface area contributed by atoms with Gasteiger partial charge in [-0.05, 0) is 49.9 Å². The van der Waals surface area contributed by atoms with Gasteiger partial charge in [0.25, 0.3) is 0 Å². The van der Waals surface area contributed by atoms with Gasteiger partial charge >= 0.3 is 0 Å². The zero-order valence-corrected chi connectivity index (χ0v) is 12.8. The topological polar surface area (TPSA) is 64.3 Å². The van der Waals surface area contributed by atoms with E-state index in [9.17, 15) is 4.79 Å². The molecule has 0 aliphatic carbocycles. The maximum Gasteiger partial charge on any atom is 0.241 e. The molecular formula is C16H26N2O2. The summed E-state index contributed by atoms with van der Waals surface area (Å²) < 4.78 is 5.69. The molecule has 20 heavy (non-hydrogen) atoms. The van der Waals surface area contributed by atoms with Gasteiger partial charge in [0, 0.05) is 5.69 Å². The largest absolute Gasteiger partial charge is 0.491 e. The van der Waals surface area contributed by atoms with Crippen molar-refractivity contribution in [2.45, 2.75) is 52.7 Å². The Bertz CT molecular complexity index is 415. The molecule has 0 spiro atoms. The van der Waals surface area contributed by atoms with Gasteiger partial charge in [-0.15, -0.1) is 0 Å². The standard InChI is InChI=1S/C16H26N2O2/c1-5-12(4)20-14-8-6-13(7-9-14)18-16(19)15(17)10-11(2)3/h6-9,11-12,15H,5,10,17H2,1-4H3,(H,18,19)/t12?,15-/m0/s1. The van der Waals surface area contributed by atoms with Crippen molar-refractivity contribution in [2.75, 3.05) is 5.32 Å². The Morgan fingerprint density at radius 3 is 2.35 bits per heavy atom. The van der Waals surface area contributed by atoms with Crippen LogP contribution >= 0.6 is 0 Å². The number of benzene rings is 1. The van der Waals surface area contributed by atoms with Gasteiger partial charge in [-0.2, -0.15) is 0 Å². The fourth-order valence-electron chi connectivity index (χ4n) is 1.78. The van der Waals surface area contributed by atoms with E-state index in [-0.39, 0.29) is 12.0 Å². The highest BCUT2D eigenvalue weighted by Crippen LogP contribution is 2.18. The first-order valence-electron chi connectivity index (χ1n) is 7.25. The van der Waals surface area contributed by atoms with Crippen molar-refractivity contribution in [2.24, 2.45) is 11.7 Å². The summed E-state index contributed by atoms with van der Waals surface area (Å²) in [6.07, 6.45) is 1.83. The van der Waals surface area contributed by atoms with Crippen LogP contribution in [0, 0.1) is 5.92 Å². The quantitative estimate of drug-likeness (QED) is 0.805. The average Bonchev–Trinajstić information content (AvgIpc) is 2.40. The van der Waals surface area contributed by atoms with Crippen molar-refractivity contribution in [3.63, 3.8) is 0 Å². The lowest BCUT2D eigenvalue weighted by Gasteiger charge is -2.15. The fourth-order valence-corrected chi connectivity index (χ4v) is 1.78. The van der Waals surface area contributed by atoms with E-state index in [0.717, 1.165) is 17.9 Å². The van der Waals surface area contributed by atoms with Crippen LogP contribution in [0.3, 0.4) is 0 Å². The number of carbonyl (C=O) groups is 1. The van der Waals surface area contributed by atoms with Gasteiger partial charge in [-0.25, -0.2) is 0 Å². The molecule has 4 heteroatoms. The summed E-state index contributed by atoms with van der Waals surface area (Å²) in [5, 5.41) is 2.82. The number of nitrogens with two attached hydrogens (primary N) is 1. The second-order valence-electron chi connectivity index (χ2n) is 5.59. The number of hydrogen-bond acceptors (Lipinski definition) is 3. The minimum Gasteiger partial charge on any atom is -0.491 e. The number of rotatable bonds is 7.